The van der Waals surface area contributed by atoms with E-state index in [1.165, 1.54) is 17.0 Å². The third-order valence-electron chi connectivity index (χ3n) is 4.54. The first-order chi connectivity index (χ1) is 13.3. The zero-order chi connectivity index (χ0) is 20.4. The molecule has 0 radical (unpaired) electrons. The van der Waals surface area contributed by atoms with Gasteiger partial charge in [0.05, 0.1) is 4.92 Å². The Morgan fingerprint density at radius 1 is 1.18 bits per heavy atom. The SMILES string of the molecule is C=CCN1C[C@](Cc2ccccc2)(NS(=O)(=O)c2ccccc2[N+](=O)[O-])C1=O. The van der Waals surface area contributed by atoms with Gasteiger partial charge in [-0.25, -0.2) is 8.42 Å². The van der Waals surface area contributed by atoms with Gasteiger partial charge in [-0.2, -0.15) is 4.72 Å². The van der Waals surface area contributed by atoms with E-state index in [-0.39, 0.29) is 13.0 Å². The molecule has 1 N–H and O–H groups in total. The smallest absolute Gasteiger partial charge is 0.289 e. The summed E-state index contributed by atoms with van der Waals surface area (Å²) in [4.78, 5) is 24.3. The number of sulfonamides is 1. The van der Waals surface area contributed by atoms with Crippen LogP contribution in [0.5, 0.6) is 0 Å². The second-order valence-electron chi connectivity index (χ2n) is 6.55. The largest absolute Gasteiger partial charge is 0.335 e. The number of nitrogens with one attached hydrogen (secondary N) is 1. The number of β-lactam (4-membered cyclic amide) rings is 1. The minimum absolute atomic E-state index is 0.139. The van der Waals surface area contributed by atoms with Gasteiger partial charge in [-0.15, -0.1) is 6.58 Å². The van der Waals surface area contributed by atoms with Crippen LogP contribution in [0.2, 0.25) is 0 Å². The van der Waals surface area contributed by atoms with Crippen molar-refractivity contribution in [2.45, 2.75) is 16.9 Å². The Morgan fingerprint density at radius 2 is 1.82 bits per heavy atom. The van der Waals surface area contributed by atoms with Crippen LogP contribution in [-0.2, 0) is 21.2 Å². The maximum atomic E-state index is 13.0. The second-order valence-corrected chi connectivity index (χ2v) is 8.20. The fourth-order valence-electron chi connectivity index (χ4n) is 3.32. The molecule has 0 aliphatic carbocycles. The number of benzene rings is 2. The van der Waals surface area contributed by atoms with E-state index >= 15 is 0 Å². The van der Waals surface area contributed by atoms with Crippen molar-refractivity contribution >= 4 is 21.6 Å². The zero-order valence-electron chi connectivity index (χ0n) is 14.9. The summed E-state index contributed by atoms with van der Waals surface area (Å²) in [5.41, 5.74) is -1.16. The molecule has 1 aliphatic rings. The van der Waals surface area contributed by atoms with Crippen molar-refractivity contribution < 1.29 is 18.1 Å². The lowest BCUT2D eigenvalue weighted by atomic mass is 9.83. The highest BCUT2D eigenvalue weighted by Crippen LogP contribution is 2.31. The van der Waals surface area contributed by atoms with Gasteiger partial charge in [0.15, 0.2) is 4.90 Å². The first-order valence-corrected chi connectivity index (χ1v) is 9.99. The number of para-hydroxylation sites is 1. The van der Waals surface area contributed by atoms with E-state index in [9.17, 15) is 23.3 Å². The van der Waals surface area contributed by atoms with E-state index < -0.39 is 37.0 Å². The van der Waals surface area contributed by atoms with Crippen molar-refractivity contribution in [3.8, 4) is 0 Å². The first kappa shape index (κ1) is 19.7. The highest BCUT2D eigenvalue weighted by atomic mass is 32.2. The van der Waals surface area contributed by atoms with Crippen LogP contribution < -0.4 is 4.72 Å². The number of carbonyl (C=O) groups excluding carboxylic acids is 1. The summed E-state index contributed by atoms with van der Waals surface area (Å²) in [6.45, 7) is 4.03. The summed E-state index contributed by atoms with van der Waals surface area (Å²) >= 11 is 0. The molecule has 1 aliphatic heterocycles. The molecule has 8 nitrogen and oxygen atoms in total. The molecule has 1 fully saturated rings. The predicted octanol–water partition coefficient (Wildman–Crippen LogP) is 1.88. The molecule has 0 bridgehead atoms. The number of amides is 1. The number of carbonyl (C=O) groups is 1. The quantitative estimate of drug-likeness (QED) is 0.314. The molecule has 0 spiro atoms. The number of hydrogen-bond acceptors (Lipinski definition) is 5. The van der Waals surface area contributed by atoms with E-state index in [1.54, 1.807) is 30.3 Å². The highest BCUT2D eigenvalue weighted by Gasteiger charge is 2.54. The van der Waals surface area contributed by atoms with Crippen LogP contribution in [0.1, 0.15) is 5.56 Å². The van der Waals surface area contributed by atoms with Gasteiger partial charge in [-0.1, -0.05) is 48.5 Å². The van der Waals surface area contributed by atoms with Crippen LogP contribution in [0.3, 0.4) is 0 Å². The van der Waals surface area contributed by atoms with Gasteiger partial charge in [0.25, 0.3) is 5.69 Å². The average Bonchev–Trinajstić information content (AvgIpc) is 2.68. The lowest BCUT2D eigenvalue weighted by molar-refractivity contribution is -0.387. The fourth-order valence-corrected chi connectivity index (χ4v) is 4.84. The topological polar surface area (TPSA) is 110 Å². The molecule has 146 valence electrons. The van der Waals surface area contributed by atoms with Crippen LogP contribution in [0.15, 0.2) is 72.1 Å². The van der Waals surface area contributed by atoms with Gasteiger partial charge in [-0.05, 0) is 11.6 Å². The van der Waals surface area contributed by atoms with E-state index in [1.807, 2.05) is 6.07 Å². The summed E-state index contributed by atoms with van der Waals surface area (Å²) < 4.78 is 28.4. The minimum Gasteiger partial charge on any atom is -0.335 e. The first-order valence-electron chi connectivity index (χ1n) is 8.51. The van der Waals surface area contributed by atoms with Gasteiger partial charge in [0, 0.05) is 25.6 Å². The Labute approximate surface area is 162 Å². The molecular formula is C19H19N3O5S. The van der Waals surface area contributed by atoms with Crippen molar-refractivity contribution in [2.24, 2.45) is 0 Å². The van der Waals surface area contributed by atoms with Crippen molar-refractivity contribution in [1.29, 1.82) is 0 Å². The summed E-state index contributed by atoms with van der Waals surface area (Å²) in [5, 5.41) is 11.2. The van der Waals surface area contributed by atoms with Crippen LogP contribution in [0.4, 0.5) is 5.69 Å². The molecular weight excluding hydrogens is 382 g/mol. The van der Waals surface area contributed by atoms with E-state index in [0.717, 1.165) is 17.7 Å². The molecule has 1 atom stereocenters. The van der Waals surface area contributed by atoms with Crippen LogP contribution >= 0.6 is 0 Å². The lowest BCUT2D eigenvalue weighted by Crippen LogP contribution is -2.75. The maximum Gasteiger partial charge on any atom is 0.289 e. The minimum atomic E-state index is -4.31. The normalized spacial score (nSPS) is 19.1. The highest BCUT2D eigenvalue weighted by molar-refractivity contribution is 7.89. The van der Waals surface area contributed by atoms with E-state index in [2.05, 4.69) is 11.3 Å². The molecule has 0 aromatic heterocycles. The van der Waals surface area contributed by atoms with Gasteiger partial charge >= 0.3 is 0 Å². The number of nitro benzene ring substituents is 1. The number of nitrogens with zero attached hydrogens (tertiary/aromatic N) is 2. The Bertz CT molecular complexity index is 1020. The second kappa shape index (κ2) is 7.53. The van der Waals surface area contributed by atoms with Gasteiger partial charge in [0.2, 0.25) is 15.9 Å². The Balaban J connectivity index is 1.97. The van der Waals surface area contributed by atoms with Crippen LogP contribution in [0, 0.1) is 10.1 Å². The molecule has 28 heavy (non-hydrogen) atoms. The lowest BCUT2D eigenvalue weighted by Gasteiger charge is -2.48. The Kier molecular flexibility index (Phi) is 5.30. The van der Waals surface area contributed by atoms with Crippen molar-refractivity contribution in [1.82, 2.24) is 9.62 Å². The van der Waals surface area contributed by atoms with Gasteiger partial charge < -0.3 is 4.90 Å². The molecule has 1 saturated heterocycles. The van der Waals surface area contributed by atoms with Gasteiger partial charge in [0.1, 0.15) is 5.54 Å². The van der Waals surface area contributed by atoms with Crippen molar-refractivity contribution in [3.63, 3.8) is 0 Å². The predicted molar refractivity (Wildman–Crippen MR) is 103 cm³/mol. The summed E-state index contributed by atoms with van der Waals surface area (Å²) in [7, 11) is -4.31. The molecule has 3 rings (SSSR count). The molecule has 1 amide bonds. The van der Waals surface area contributed by atoms with Crippen LogP contribution in [-0.4, -0.2) is 42.8 Å². The third kappa shape index (κ3) is 3.67. The number of likely N-dealkylation sites (tertiary alicyclic amines) is 1. The monoisotopic (exact) mass is 401 g/mol. The molecule has 0 saturated carbocycles. The number of hydrogen-bond donors (Lipinski definition) is 1. The average molecular weight is 401 g/mol. The number of nitro groups is 1. The van der Waals surface area contributed by atoms with Crippen molar-refractivity contribution in [2.75, 3.05) is 13.1 Å². The summed E-state index contributed by atoms with van der Waals surface area (Å²) in [5.74, 6) is -0.390. The Morgan fingerprint density at radius 3 is 2.43 bits per heavy atom. The third-order valence-corrected chi connectivity index (χ3v) is 6.12. The van der Waals surface area contributed by atoms with Crippen molar-refractivity contribution in [3.05, 3.63) is 82.9 Å². The molecule has 2 aromatic rings. The maximum absolute atomic E-state index is 13.0. The summed E-state index contributed by atoms with van der Waals surface area (Å²) in [6.07, 6.45) is 1.70. The molecule has 2 aromatic carbocycles. The molecule has 0 unspecified atom stereocenters. The van der Waals surface area contributed by atoms with E-state index in [0.29, 0.717) is 6.54 Å². The van der Waals surface area contributed by atoms with Gasteiger partial charge in [-0.3, -0.25) is 14.9 Å². The van der Waals surface area contributed by atoms with E-state index in [4.69, 9.17) is 0 Å². The standard InChI is InChI=1S/C19H19N3O5S/c1-2-12-21-14-19(18(21)23,13-15-8-4-3-5-9-15)20-28(26,27)17-11-7-6-10-16(17)22(24)25/h2-11,20H,1,12-14H2/t19-/m0/s1. The fraction of sp³-hybridized carbons (Fsp3) is 0.211. The molecule has 1 heterocycles. The zero-order valence-corrected chi connectivity index (χ0v) is 15.8. The number of rotatable bonds is 8. The van der Waals surface area contributed by atoms with Crippen LogP contribution in [0.25, 0.3) is 0 Å². The molecule has 9 heteroatoms. The Hall–Kier alpha value is -3.04. The summed E-state index contributed by atoms with van der Waals surface area (Å²) in [6, 6.07) is 14.1.